The van der Waals surface area contributed by atoms with Crippen molar-refractivity contribution in [2.24, 2.45) is 0 Å². The molecule has 0 saturated carbocycles. The van der Waals surface area contributed by atoms with Crippen LogP contribution in [-0.4, -0.2) is 18.3 Å². The lowest BCUT2D eigenvalue weighted by Gasteiger charge is -2.32. The van der Waals surface area contributed by atoms with Crippen molar-refractivity contribution in [2.75, 3.05) is 0 Å². The first kappa shape index (κ1) is 25.7. The third kappa shape index (κ3) is 3.86. The summed E-state index contributed by atoms with van der Waals surface area (Å²) in [7, 11) is -0.429. The summed E-state index contributed by atoms with van der Waals surface area (Å²) >= 11 is 1.87. The van der Waals surface area contributed by atoms with Gasteiger partial charge in [0.1, 0.15) is 0 Å². The van der Waals surface area contributed by atoms with Gasteiger partial charge < -0.3 is 9.31 Å². The van der Waals surface area contributed by atoms with Gasteiger partial charge in [0.2, 0.25) is 0 Å². The van der Waals surface area contributed by atoms with Gasteiger partial charge >= 0.3 is 7.12 Å². The number of benzene rings is 5. The summed E-state index contributed by atoms with van der Waals surface area (Å²) in [6, 6.07) is 42.2. The molecule has 0 bridgehead atoms. The molecule has 1 aliphatic heterocycles. The second-order valence-corrected chi connectivity index (χ2v) is 13.4. The number of rotatable bonds is 1. The van der Waals surface area contributed by atoms with Gasteiger partial charge in [0.05, 0.1) is 11.2 Å². The van der Waals surface area contributed by atoms with Crippen molar-refractivity contribution in [3.63, 3.8) is 0 Å². The summed E-state index contributed by atoms with van der Waals surface area (Å²) in [5, 5.41) is 12.4. The number of hydrogen-bond donors (Lipinski definition) is 0. The van der Waals surface area contributed by atoms with Crippen LogP contribution >= 0.6 is 11.3 Å². The van der Waals surface area contributed by atoms with Crippen molar-refractivity contribution in [1.29, 1.82) is 0 Å². The predicted octanol–water partition coefficient (Wildman–Crippen LogP) is 10.1. The Morgan fingerprint density at radius 2 is 1.05 bits per heavy atom. The number of thiophene rings is 1. The van der Waals surface area contributed by atoms with E-state index < -0.39 is 18.3 Å². The van der Waals surface area contributed by atoms with Crippen molar-refractivity contribution in [1.82, 2.24) is 0 Å². The summed E-state index contributed by atoms with van der Waals surface area (Å²) in [6.07, 6.45) is 0. The lowest BCUT2D eigenvalue weighted by atomic mass is 9.78. The molecule has 0 atom stereocenters. The second-order valence-electron chi connectivity index (χ2n) is 12.4. The van der Waals surface area contributed by atoms with E-state index in [1.807, 2.05) is 11.3 Å². The second kappa shape index (κ2) is 9.27. The fourth-order valence-electron chi connectivity index (χ4n) is 6.40. The predicted molar refractivity (Wildman–Crippen MR) is 183 cm³/mol. The van der Waals surface area contributed by atoms with E-state index in [2.05, 4.69) is 143 Å². The molecule has 4 heteroatoms. The Balaban J connectivity index is 1.61. The summed E-state index contributed by atoms with van der Waals surface area (Å²) in [5.74, 6) is 0. The fourth-order valence-corrected chi connectivity index (χ4v) is 7.52. The smallest absolute Gasteiger partial charge is 0.399 e. The molecule has 2 nitrogen and oxygen atoms in total. The fraction of sp³-hybridized carbons (Fsp3) is 0.158. The monoisotopic (exact) mass is 562 g/mol. The highest BCUT2D eigenvalue weighted by molar-refractivity contribution is 7.26. The lowest BCUT2D eigenvalue weighted by molar-refractivity contribution is 0.00578. The van der Waals surface area contributed by atoms with E-state index in [4.69, 9.17) is 9.31 Å². The molecule has 1 aromatic heterocycles. The normalized spacial score (nSPS) is 16.2. The Labute approximate surface area is 250 Å². The van der Waals surface area contributed by atoms with Crippen molar-refractivity contribution < 1.29 is 9.31 Å². The van der Waals surface area contributed by atoms with E-state index in [-0.39, 0.29) is 0 Å². The SMILES string of the molecule is CC1(C)OB(c2ccc3ccc4ccccc4c4ccccc4c4c(ccc5sc6ccccc6c54)c3c2)OC1(C)C. The molecule has 42 heavy (non-hydrogen) atoms. The first-order chi connectivity index (χ1) is 20.3. The molecular weight excluding hydrogens is 531 g/mol. The van der Waals surface area contributed by atoms with Crippen LogP contribution < -0.4 is 5.46 Å². The molecule has 2 heterocycles. The lowest BCUT2D eigenvalue weighted by Crippen LogP contribution is -2.41. The molecule has 0 radical (unpaired) electrons. The Morgan fingerprint density at radius 1 is 0.476 bits per heavy atom. The maximum Gasteiger partial charge on any atom is 0.494 e. The average molecular weight is 563 g/mol. The molecule has 0 amide bonds. The zero-order chi connectivity index (χ0) is 28.6. The minimum absolute atomic E-state index is 0.403. The van der Waals surface area contributed by atoms with Gasteiger partial charge in [0.25, 0.3) is 0 Å². The van der Waals surface area contributed by atoms with Crippen molar-refractivity contribution in [3.05, 3.63) is 115 Å². The van der Waals surface area contributed by atoms with Gasteiger partial charge in [-0.05, 0) is 88.4 Å². The van der Waals surface area contributed by atoms with Crippen LogP contribution in [0.15, 0.2) is 115 Å². The zero-order valence-electron chi connectivity index (χ0n) is 24.3. The minimum atomic E-state index is -0.429. The molecule has 1 fully saturated rings. The topological polar surface area (TPSA) is 18.5 Å². The van der Waals surface area contributed by atoms with E-state index in [9.17, 15) is 0 Å². The quantitative estimate of drug-likeness (QED) is 0.185. The molecule has 0 aliphatic carbocycles. The van der Waals surface area contributed by atoms with Gasteiger partial charge in [-0.25, -0.2) is 0 Å². The van der Waals surface area contributed by atoms with Gasteiger partial charge in [-0.15, -0.1) is 11.3 Å². The molecule has 1 aliphatic rings. The Hall–Kier alpha value is -3.96. The molecular formula is C38H31BO2S. The Bertz CT molecular complexity index is 2260. The van der Waals surface area contributed by atoms with Gasteiger partial charge in [0, 0.05) is 20.2 Å². The van der Waals surface area contributed by atoms with Crippen molar-refractivity contribution >= 4 is 87.2 Å². The van der Waals surface area contributed by atoms with Crippen LogP contribution in [0.3, 0.4) is 0 Å². The summed E-state index contributed by atoms with van der Waals surface area (Å²) in [6.45, 7) is 8.44. The molecule has 0 N–H and O–H groups in total. The van der Waals surface area contributed by atoms with Gasteiger partial charge in [-0.2, -0.15) is 0 Å². The highest BCUT2D eigenvalue weighted by Crippen LogP contribution is 2.42. The van der Waals surface area contributed by atoms with E-state index in [1.165, 1.54) is 63.3 Å². The van der Waals surface area contributed by atoms with Gasteiger partial charge in [-0.3, -0.25) is 0 Å². The molecule has 0 spiro atoms. The maximum atomic E-state index is 6.51. The van der Waals surface area contributed by atoms with Gasteiger partial charge in [-0.1, -0.05) is 103 Å². The summed E-state index contributed by atoms with van der Waals surface area (Å²) < 4.78 is 15.6. The van der Waals surface area contributed by atoms with Crippen LogP contribution in [0.1, 0.15) is 27.7 Å². The standard InChI is InChI=1S/C38H31BO2S/c1-37(2)38(3,4)41-39(40-37)26-20-19-25-18-17-24-11-5-6-12-27(24)28-13-7-8-14-29(28)35-30(32(25)23-26)21-22-34-36(35)31-15-9-10-16-33(31)42-34/h5-23H,1-4H3. The third-order valence-corrected chi connectivity index (χ3v) is 10.5. The molecule has 6 aromatic carbocycles. The summed E-state index contributed by atoms with van der Waals surface area (Å²) in [4.78, 5) is 0. The molecule has 8 rings (SSSR count). The van der Waals surface area contributed by atoms with E-state index in [0.717, 1.165) is 5.46 Å². The van der Waals surface area contributed by atoms with Crippen LogP contribution in [0.2, 0.25) is 0 Å². The van der Waals surface area contributed by atoms with Crippen LogP contribution in [0.5, 0.6) is 0 Å². The number of fused-ring (bicyclic) bond motifs is 11. The minimum Gasteiger partial charge on any atom is -0.399 e. The van der Waals surface area contributed by atoms with Crippen LogP contribution in [0, 0.1) is 0 Å². The highest BCUT2D eigenvalue weighted by Gasteiger charge is 2.51. The average Bonchev–Trinajstić information content (AvgIpc) is 3.48. The van der Waals surface area contributed by atoms with Gasteiger partial charge in [0.15, 0.2) is 0 Å². The Morgan fingerprint density at radius 3 is 1.81 bits per heavy atom. The van der Waals surface area contributed by atoms with E-state index >= 15 is 0 Å². The third-order valence-electron chi connectivity index (χ3n) is 9.33. The molecule has 0 unspecified atom stereocenters. The first-order valence-electron chi connectivity index (χ1n) is 14.6. The van der Waals surface area contributed by atoms with Crippen LogP contribution in [0.25, 0.3) is 63.3 Å². The van der Waals surface area contributed by atoms with E-state index in [0.29, 0.717) is 0 Å². The van der Waals surface area contributed by atoms with Crippen LogP contribution in [0.4, 0.5) is 0 Å². The first-order valence-corrected chi connectivity index (χ1v) is 15.4. The zero-order valence-corrected chi connectivity index (χ0v) is 25.1. The molecule has 204 valence electrons. The maximum absolute atomic E-state index is 6.51. The van der Waals surface area contributed by atoms with Crippen molar-refractivity contribution in [2.45, 2.75) is 38.9 Å². The molecule has 1 saturated heterocycles. The highest BCUT2D eigenvalue weighted by atomic mass is 32.1. The largest absolute Gasteiger partial charge is 0.494 e. The molecule has 7 aromatic rings. The van der Waals surface area contributed by atoms with Crippen LogP contribution in [-0.2, 0) is 9.31 Å². The summed E-state index contributed by atoms with van der Waals surface area (Å²) in [5.41, 5.74) is 0.229. The van der Waals surface area contributed by atoms with E-state index in [1.54, 1.807) is 0 Å². The number of hydrogen-bond acceptors (Lipinski definition) is 3. The van der Waals surface area contributed by atoms with Crippen molar-refractivity contribution in [3.8, 4) is 0 Å². The Kier molecular flexibility index (Phi) is 5.68.